The van der Waals surface area contributed by atoms with Crippen LogP contribution in [0.4, 0.5) is 0 Å². The molecule has 0 radical (unpaired) electrons. The van der Waals surface area contributed by atoms with Gasteiger partial charge in [-0.15, -0.1) is 0 Å². The van der Waals surface area contributed by atoms with Crippen molar-refractivity contribution in [3.05, 3.63) is 17.9 Å². The SMILES string of the molecule is COC(=O)c1coc(S(=O)(=O)NCCC2CCNC2)c1. The normalized spacial score (nSPS) is 19.1. The Kier molecular flexibility index (Phi) is 4.79. The molecule has 1 aromatic rings. The third-order valence-electron chi connectivity index (χ3n) is 3.27. The molecule has 2 heterocycles. The fourth-order valence-electron chi connectivity index (χ4n) is 2.11. The van der Waals surface area contributed by atoms with Gasteiger partial charge in [-0.25, -0.2) is 17.9 Å². The molecule has 1 aliphatic heterocycles. The Hall–Kier alpha value is -1.38. The minimum absolute atomic E-state index is 0.0767. The van der Waals surface area contributed by atoms with E-state index in [-0.39, 0.29) is 10.7 Å². The van der Waals surface area contributed by atoms with Crippen LogP contribution in [-0.4, -0.2) is 41.1 Å². The number of carbonyl (C=O) groups excluding carboxylic acids is 1. The summed E-state index contributed by atoms with van der Waals surface area (Å²) in [5.74, 6) is -0.132. The third kappa shape index (κ3) is 3.59. The van der Waals surface area contributed by atoms with Crippen molar-refractivity contribution in [1.82, 2.24) is 10.0 Å². The van der Waals surface area contributed by atoms with Crippen molar-refractivity contribution >= 4 is 16.0 Å². The Bertz CT molecular complexity index is 560. The van der Waals surface area contributed by atoms with E-state index in [1.165, 1.54) is 7.11 Å². The first kappa shape index (κ1) is 15.0. The maximum absolute atomic E-state index is 12.0. The summed E-state index contributed by atoms with van der Waals surface area (Å²) in [5, 5.41) is 2.95. The van der Waals surface area contributed by atoms with Gasteiger partial charge in [0, 0.05) is 12.6 Å². The molecule has 20 heavy (non-hydrogen) atoms. The van der Waals surface area contributed by atoms with Crippen LogP contribution in [0.3, 0.4) is 0 Å². The molecule has 2 N–H and O–H groups in total. The van der Waals surface area contributed by atoms with Crippen LogP contribution in [0, 0.1) is 5.92 Å². The van der Waals surface area contributed by atoms with Gasteiger partial charge in [0.25, 0.3) is 10.0 Å². The lowest BCUT2D eigenvalue weighted by molar-refractivity contribution is 0.0600. The molecule has 0 aromatic carbocycles. The minimum atomic E-state index is -3.72. The summed E-state index contributed by atoms with van der Waals surface area (Å²) < 4.78 is 35.8. The Labute approximate surface area is 117 Å². The van der Waals surface area contributed by atoms with Crippen LogP contribution >= 0.6 is 0 Å². The second-order valence-electron chi connectivity index (χ2n) is 4.69. The average molecular weight is 302 g/mol. The summed E-state index contributed by atoms with van der Waals surface area (Å²) in [6.07, 6.45) is 2.91. The molecular weight excluding hydrogens is 284 g/mol. The van der Waals surface area contributed by atoms with Crippen molar-refractivity contribution in [2.45, 2.75) is 17.9 Å². The van der Waals surface area contributed by atoms with Gasteiger partial charge in [0.05, 0.1) is 12.7 Å². The zero-order valence-corrected chi connectivity index (χ0v) is 12.0. The lowest BCUT2D eigenvalue weighted by atomic mass is 10.1. The highest BCUT2D eigenvalue weighted by Crippen LogP contribution is 2.15. The van der Waals surface area contributed by atoms with Crippen LogP contribution in [0.5, 0.6) is 0 Å². The quantitative estimate of drug-likeness (QED) is 0.736. The summed E-state index contributed by atoms with van der Waals surface area (Å²) in [5.41, 5.74) is 0.0767. The van der Waals surface area contributed by atoms with E-state index in [0.717, 1.165) is 38.3 Å². The number of esters is 1. The molecular formula is C12H18N2O5S. The topological polar surface area (TPSA) is 97.6 Å². The van der Waals surface area contributed by atoms with Gasteiger partial charge < -0.3 is 14.5 Å². The van der Waals surface area contributed by atoms with Crippen LogP contribution in [0.25, 0.3) is 0 Å². The highest BCUT2D eigenvalue weighted by Gasteiger charge is 2.22. The van der Waals surface area contributed by atoms with Crippen molar-refractivity contribution in [3.8, 4) is 0 Å². The number of furan rings is 1. The lowest BCUT2D eigenvalue weighted by Crippen LogP contribution is -2.26. The van der Waals surface area contributed by atoms with E-state index in [9.17, 15) is 13.2 Å². The average Bonchev–Trinajstić information content (AvgIpc) is 3.08. The maximum Gasteiger partial charge on any atom is 0.341 e. The molecule has 0 aliphatic carbocycles. The number of rotatable bonds is 6. The van der Waals surface area contributed by atoms with Gasteiger partial charge >= 0.3 is 5.97 Å². The molecule has 0 spiro atoms. The number of carbonyl (C=O) groups is 1. The molecule has 1 atom stereocenters. The van der Waals surface area contributed by atoms with Gasteiger partial charge in [0.2, 0.25) is 5.09 Å². The second-order valence-corrected chi connectivity index (χ2v) is 6.39. The van der Waals surface area contributed by atoms with E-state index in [0.29, 0.717) is 12.5 Å². The van der Waals surface area contributed by atoms with Gasteiger partial charge in [0.15, 0.2) is 0 Å². The van der Waals surface area contributed by atoms with Crippen LogP contribution in [0.1, 0.15) is 23.2 Å². The van der Waals surface area contributed by atoms with Gasteiger partial charge in [-0.1, -0.05) is 0 Å². The molecule has 1 saturated heterocycles. The van der Waals surface area contributed by atoms with Gasteiger partial charge in [0.1, 0.15) is 6.26 Å². The number of sulfonamides is 1. The van der Waals surface area contributed by atoms with Gasteiger partial charge in [-0.05, 0) is 31.8 Å². The molecule has 1 unspecified atom stereocenters. The van der Waals surface area contributed by atoms with E-state index in [1.54, 1.807) is 0 Å². The standard InChI is InChI=1S/C12H18N2O5S/c1-18-12(15)10-6-11(19-8-10)20(16,17)14-5-3-9-2-4-13-7-9/h6,8-9,13-14H,2-5,7H2,1H3. The zero-order valence-electron chi connectivity index (χ0n) is 11.2. The molecule has 7 nitrogen and oxygen atoms in total. The smallest absolute Gasteiger partial charge is 0.341 e. The number of hydrogen-bond donors (Lipinski definition) is 2. The Morgan fingerprint density at radius 2 is 2.40 bits per heavy atom. The van der Waals surface area contributed by atoms with Crippen molar-refractivity contribution in [2.75, 3.05) is 26.7 Å². The summed E-state index contributed by atoms with van der Waals surface area (Å²) >= 11 is 0. The summed E-state index contributed by atoms with van der Waals surface area (Å²) in [6, 6.07) is 1.16. The van der Waals surface area contributed by atoms with E-state index in [1.807, 2.05) is 0 Å². The molecule has 112 valence electrons. The number of nitrogens with one attached hydrogen (secondary N) is 2. The number of methoxy groups -OCH3 is 1. The predicted octanol–water partition coefficient (Wildman–Crippen LogP) is 0.344. The fourth-order valence-corrected chi connectivity index (χ4v) is 3.10. The van der Waals surface area contributed by atoms with Crippen LogP contribution in [-0.2, 0) is 14.8 Å². The Balaban J connectivity index is 1.92. The molecule has 1 aromatic heterocycles. The van der Waals surface area contributed by atoms with Crippen molar-refractivity contribution in [1.29, 1.82) is 0 Å². The molecule has 0 bridgehead atoms. The molecule has 8 heteroatoms. The molecule has 1 fully saturated rings. The fraction of sp³-hybridized carbons (Fsp3) is 0.583. The molecule has 0 amide bonds. The van der Waals surface area contributed by atoms with Gasteiger partial charge in [-0.3, -0.25) is 0 Å². The third-order valence-corrected chi connectivity index (χ3v) is 4.60. The second kappa shape index (κ2) is 6.38. The van der Waals surface area contributed by atoms with E-state index < -0.39 is 16.0 Å². The van der Waals surface area contributed by atoms with Crippen LogP contribution in [0.15, 0.2) is 21.8 Å². The van der Waals surface area contributed by atoms with Gasteiger partial charge in [-0.2, -0.15) is 0 Å². The molecule has 2 rings (SSSR count). The Morgan fingerprint density at radius 1 is 1.60 bits per heavy atom. The van der Waals surface area contributed by atoms with Crippen LogP contribution in [0.2, 0.25) is 0 Å². The highest BCUT2D eigenvalue weighted by molar-refractivity contribution is 7.89. The first-order chi connectivity index (χ1) is 9.53. The number of hydrogen-bond acceptors (Lipinski definition) is 6. The number of ether oxygens (including phenoxy) is 1. The first-order valence-electron chi connectivity index (χ1n) is 6.40. The van der Waals surface area contributed by atoms with E-state index in [2.05, 4.69) is 14.8 Å². The Morgan fingerprint density at radius 3 is 3.05 bits per heavy atom. The predicted molar refractivity (Wildman–Crippen MR) is 70.8 cm³/mol. The van der Waals surface area contributed by atoms with Crippen molar-refractivity contribution < 1.29 is 22.4 Å². The summed E-state index contributed by atoms with van der Waals surface area (Å²) in [4.78, 5) is 11.2. The molecule has 0 saturated carbocycles. The lowest BCUT2D eigenvalue weighted by Gasteiger charge is -2.08. The monoisotopic (exact) mass is 302 g/mol. The summed E-state index contributed by atoms with van der Waals surface area (Å²) in [7, 11) is -2.50. The van der Waals surface area contributed by atoms with Crippen molar-refractivity contribution in [2.24, 2.45) is 5.92 Å². The van der Waals surface area contributed by atoms with Crippen LogP contribution < -0.4 is 10.0 Å². The van der Waals surface area contributed by atoms with Crippen molar-refractivity contribution in [3.63, 3.8) is 0 Å². The highest BCUT2D eigenvalue weighted by atomic mass is 32.2. The zero-order chi connectivity index (χ0) is 14.6. The molecule has 1 aliphatic rings. The minimum Gasteiger partial charge on any atom is -0.465 e. The first-order valence-corrected chi connectivity index (χ1v) is 7.88. The summed E-state index contributed by atoms with van der Waals surface area (Å²) in [6.45, 7) is 2.26. The van der Waals surface area contributed by atoms with E-state index in [4.69, 9.17) is 4.42 Å². The van der Waals surface area contributed by atoms with E-state index >= 15 is 0 Å². The maximum atomic E-state index is 12.0. The largest absolute Gasteiger partial charge is 0.465 e.